The highest BCUT2D eigenvalue weighted by molar-refractivity contribution is 5.98. The molecule has 1 spiro atoms. The second-order valence-electron chi connectivity index (χ2n) is 23.8. The Morgan fingerprint density at radius 2 is 1.68 bits per heavy atom. The summed E-state index contributed by atoms with van der Waals surface area (Å²) in [6, 6.07) is 19.0. The number of Topliss-reactive ketones (excluding diaryl/α,β-unsaturated/α-hetero) is 1. The van der Waals surface area contributed by atoms with E-state index < -0.39 is 71.1 Å². The Bertz CT molecular complexity index is 2820. The third-order valence-electron chi connectivity index (χ3n) is 18.1. The zero-order valence-corrected chi connectivity index (χ0v) is 48.0. The second kappa shape index (κ2) is 28.5. The van der Waals surface area contributed by atoms with E-state index in [9.17, 15) is 40.5 Å². The van der Waals surface area contributed by atoms with Crippen LogP contribution in [0.5, 0.6) is 5.75 Å². The average molecular weight is 1110 g/mol. The van der Waals surface area contributed by atoms with Crippen LogP contribution in [-0.2, 0) is 28.9 Å². The van der Waals surface area contributed by atoms with Gasteiger partial charge in [-0.15, -0.1) is 0 Å². The standard InChI is InChI=1S/C65H91N7O9/c1-39(2)18-25-55(69-30-7-6-8-31-73)40(3)12-9-16-46(38-74)50-27-29-65(60(50)79)54-24-23-48(76)33-42-13-10-14-43(32-42)34-52(53(36-71-63(67)68)44-19-21-47(75)22-20-44)57(78)37-70-59-58-45(15-11-17-51(58)61(66)72-62(59)80)35-56(77)41(4)49(54)26-28-64(65,5)81/h9-22,32,48,50,52-55,57,59-61,69-70,73-76,78-79,81H,3,6-8,23-31,33-38,66H2,1-2,4-5H3,(H,72,80)(H4,67,68,71)/b12-9+,46-16-,49-41+/t48-,50+,52+,53+,54+,55-,57+,59+,60+,61+,64+,65+/m0/s1. The first-order valence-electron chi connectivity index (χ1n) is 29.2. The number of hydrogen-bond acceptors (Lipinski definition) is 13. The van der Waals surface area contributed by atoms with Gasteiger partial charge < -0.3 is 63.6 Å². The fraction of sp³-hybridized carbons (Fsp3) is 0.523. The Balaban J connectivity index is 1.27. The first kappa shape index (κ1) is 62.8. The number of aliphatic hydroxyl groups is 6. The monoisotopic (exact) mass is 1110 g/mol. The van der Waals surface area contributed by atoms with Crippen LogP contribution in [0.3, 0.4) is 0 Å². The Hall–Kier alpha value is -5.79. The minimum Gasteiger partial charge on any atom is -0.508 e. The number of carbonyl (C=O) groups excluding carboxylic acids is 2. The number of aromatic hydroxyl groups is 1. The minimum absolute atomic E-state index is 0.0297. The van der Waals surface area contributed by atoms with Crippen molar-refractivity contribution < 1.29 is 45.3 Å². The normalized spacial score (nSPS) is 29.3. The molecule has 16 heteroatoms. The molecule has 0 saturated heterocycles. The number of aliphatic imine (C=N–C) groups is 1. The maximum Gasteiger partial charge on any atom is 0.243 e. The molecule has 2 saturated carbocycles. The molecular weight excluding hydrogens is 1020 g/mol. The number of nitrogens with zero attached hydrogens (tertiary/aromatic N) is 1. The van der Waals surface area contributed by atoms with Crippen molar-refractivity contribution in [1.29, 1.82) is 0 Å². The second-order valence-corrected chi connectivity index (χ2v) is 23.8. The number of nitrogens with one attached hydrogen (secondary N) is 3. The summed E-state index contributed by atoms with van der Waals surface area (Å²) < 4.78 is 0. The molecule has 0 radical (unpaired) electrons. The van der Waals surface area contributed by atoms with Crippen LogP contribution < -0.4 is 33.2 Å². The van der Waals surface area contributed by atoms with Crippen molar-refractivity contribution in [3.8, 4) is 5.75 Å². The Kier molecular flexibility index (Phi) is 22.1. The molecule has 0 aromatic heterocycles. The van der Waals surface area contributed by atoms with Crippen LogP contribution in [-0.4, -0.2) is 116 Å². The molecule has 7 rings (SSSR count). The zero-order chi connectivity index (χ0) is 58.6. The number of hydrogen-bond donors (Lipinski definition) is 13. The fourth-order valence-corrected chi connectivity index (χ4v) is 13.7. The summed E-state index contributed by atoms with van der Waals surface area (Å²) in [4.78, 5) is 33.7. The Labute approximate surface area is 479 Å². The molecule has 2 bridgehead atoms. The highest BCUT2D eigenvalue weighted by Crippen LogP contribution is 2.63. The van der Waals surface area contributed by atoms with Gasteiger partial charge in [0, 0.05) is 49.4 Å². The quantitative estimate of drug-likeness (QED) is 0.0245. The number of ketones is 1. The van der Waals surface area contributed by atoms with Crippen molar-refractivity contribution >= 4 is 17.6 Å². The zero-order valence-electron chi connectivity index (χ0n) is 48.0. The molecule has 2 fully saturated rings. The van der Waals surface area contributed by atoms with Crippen molar-refractivity contribution in [2.24, 2.45) is 45.4 Å². The van der Waals surface area contributed by atoms with Crippen LogP contribution in [0, 0.1) is 23.2 Å². The topological polar surface area (TPSA) is 302 Å². The predicted octanol–water partition coefficient (Wildman–Crippen LogP) is 5.94. The summed E-state index contributed by atoms with van der Waals surface area (Å²) in [5, 5.41) is 90.8. The van der Waals surface area contributed by atoms with Gasteiger partial charge in [-0.1, -0.05) is 96.6 Å². The number of phenols is 1. The number of amides is 1. The number of guanidine groups is 1. The third-order valence-corrected chi connectivity index (χ3v) is 18.1. The molecule has 0 unspecified atom stereocenters. The van der Waals surface area contributed by atoms with Crippen molar-refractivity contribution in [3.63, 3.8) is 0 Å². The van der Waals surface area contributed by atoms with Gasteiger partial charge >= 0.3 is 0 Å². The van der Waals surface area contributed by atoms with Gasteiger partial charge in [0.1, 0.15) is 18.0 Å². The highest BCUT2D eigenvalue weighted by Gasteiger charge is 2.64. The summed E-state index contributed by atoms with van der Waals surface area (Å²) in [6.45, 7) is 12.8. The van der Waals surface area contributed by atoms with E-state index in [1.165, 1.54) is 5.57 Å². The molecule has 81 heavy (non-hydrogen) atoms. The van der Waals surface area contributed by atoms with Gasteiger partial charge in [-0.2, -0.15) is 0 Å². The number of carbonyl (C=O) groups is 2. The first-order chi connectivity index (χ1) is 38.7. The van der Waals surface area contributed by atoms with Crippen LogP contribution in [0.1, 0.15) is 143 Å². The summed E-state index contributed by atoms with van der Waals surface area (Å²) in [5.74, 6) is -2.79. The first-order valence-corrected chi connectivity index (χ1v) is 29.2. The molecule has 16 N–H and O–H groups in total. The number of rotatable bonds is 17. The van der Waals surface area contributed by atoms with E-state index in [1.807, 2.05) is 67.6 Å². The summed E-state index contributed by atoms with van der Waals surface area (Å²) in [6.07, 6.45) is 9.85. The average Bonchev–Trinajstić information content (AvgIpc) is 3.82. The number of β-amino-alcohol motifs (C(OH)–C–C–N with tert-alkyl or cyclic N) is 1. The lowest BCUT2D eigenvalue weighted by Gasteiger charge is -2.56. The van der Waals surface area contributed by atoms with Gasteiger partial charge in [-0.05, 0) is 185 Å². The summed E-state index contributed by atoms with van der Waals surface area (Å²) in [7, 11) is 0. The summed E-state index contributed by atoms with van der Waals surface area (Å²) >= 11 is 0. The van der Waals surface area contributed by atoms with Gasteiger partial charge in [0.15, 0.2) is 11.7 Å². The maximum atomic E-state index is 15.1. The molecule has 1 amide bonds. The van der Waals surface area contributed by atoms with Crippen LogP contribution in [0.15, 0.2) is 130 Å². The number of aliphatic hydroxyl groups excluding tert-OH is 5. The molecule has 2 heterocycles. The van der Waals surface area contributed by atoms with Crippen LogP contribution in [0.25, 0.3) is 0 Å². The molecule has 2 aliphatic carbocycles. The smallest absolute Gasteiger partial charge is 0.243 e. The molecule has 440 valence electrons. The Morgan fingerprint density at radius 3 is 2.38 bits per heavy atom. The predicted molar refractivity (Wildman–Crippen MR) is 319 cm³/mol. The van der Waals surface area contributed by atoms with E-state index >= 15 is 4.79 Å². The molecule has 4 aliphatic rings. The number of phenolic OH excluding ortho intramolecular Hbond substituents is 1. The van der Waals surface area contributed by atoms with Gasteiger partial charge in [-0.25, -0.2) is 0 Å². The molecule has 16 nitrogen and oxygen atoms in total. The van der Waals surface area contributed by atoms with Gasteiger partial charge in [0.25, 0.3) is 0 Å². The minimum atomic E-state index is -1.40. The molecular formula is C65H91N7O9. The van der Waals surface area contributed by atoms with E-state index in [2.05, 4.69) is 47.4 Å². The number of unbranched alkanes of at least 4 members (excludes halogenated alkanes) is 2. The van der Waals surface area contributed by atoms with Gasteiger partial charge in [0.05, 0.1) is 30.5 Å². The molecule has 3 aromatic rings. The lowest BCUT2D eigenvalue weighted by molar-refractivity contribution is -0.168. The molecule has 2 aliphatic heterocycles. The van der Waals surface area contributed by atoms with Gasteiger partial charge in [0.2, 0.25) is 5.91 Å². The van der Waals surface area contributed by atoms with Crippen LogP contribution in [0.2, 0.25) is 0 Å². The third kappa shape index (κ3) is 15.1. The number of nitrogens with two attached hydrogens (primary N) is 3. The van der Waals surface area contributed by atoms with E-state index in [-0.39, 0.29) is 75.5 Å². The van der Waals surface area contributed by atoms with E-state index in [1.54, 1.807) is 31.2 Å². The Morgan fingerprint density at radius 1 is 0.951 bits per heavy atom. The van der Waals surface area contributed by atoms with Crippen LogP contribution in [0.4, 0.5) is 0 Å². The lowest BCUT2D eigenvalue weighted by atomic mass is 9.52. The van der Waals surface area contributed by atoms with E-state index in [0.717, 1.165) is 60.1 Å². The van der Waals surface area contributed by atoms with Crippen molar-refractivity contribution in [1.82, 2.24) is 16.0 Å². The fourth-order valence-electron chi connectivity index (χ4n) is 13.7. The summed E-state index contributed by atoms with van der Waals surface area (Å²) in [5.41, 5.74) is 24.1. The largest absolute Gasteiger partial charge is 0.508 e. The van der Waals surface area contributed by atoms with Crippen molar-refractivity contribution in [3.05, 3.63) is 159 Å². The SMILES string of the molecule is C=C(/C=C/C=C(/CO)[C@H]1CC[C@@]2([C@@H]3CC[C@H](O)Cc4cccc(c4)C[C@H]([C@H](CN=C(N)N)c4ccc(O)cc4)[C@H](O)CN[C@H]4C(=O)N[C@@H](N)c5cccc(c54)CC(=O)/C(C)=C/3CC[C@@]2(C)O)[C@@H]1O)[C@H](CC=C(C)C)NCCCCCO. The van der Waals surface area contributed by atoms with Crippen LogP contribution >= 0.6 is 0 Å². The number of benzene rings is 3. The number of fused-ring (bicyclic) bond motifs is 4. The molecule has 12 atom stereocenters. The molecule has 3 aromatic carbocycles. The number of allylic oxidation sites excluding steroid dienone is 5. The van der Waals surface area contributed by atoms with Gasteiger partial charge in [-0.3, -0.25) is 19.9 Å². The highest BCUT2D eigenvalue weighted by atomic mass is 16.3. The lowest BCUT2D eigenvalue weighted by Crippen LogP contribution is -2.59. The van der Waals surface area contributed by atoms with Crippen molar-refractivity contribution in [2.75, 3.05) is 32.8 Å². The van der Waals surface area contributed by atoms with E-state index in [4.69, 9.17) is 17.2 Å². The van der Waals surface area contributed by atoms with Crippen molar-refractivity contribution in [2.45, 2.75) is 159 Å². The van der Waals surface area contributed by atoms with E-state index in [0.29, 0.717) is 59.9 Å². The maximum absolute atomic E-state index is 15.1.